The summed E-state index contributed by atoms with van der Waals surface area (Å²) in [5, 5.41) is 0. The van der Waals surface area contributed by atoms with E-state index in [-0.39, 0.29) is 20.4 Å². The van der Waals surface area contributed by atoms with Crippen LogP contribution in [-0.4, -0.2) is 5.54 Å². The minimum absolute atomic E-state index is 0. The van der Waals surface area contributed by atoms with E-state index in [4.69, 9.17) is 24.3 Å². The summed E-state index contributed by atoms with van der Waals surface area (Å²) < 4.78 is 0. The first-order chi connectivity index (χ1) is 5.91. The van der Waals surface area contributed by atoms with Crippen molar-refractivity contribution in [1.29, 1.82) is 0 Å². The molecule has 1 heterocycles. The third-order valence-corrected chi connectivity index (χ3v) is 0.455. The van der Waals surface area contributed by atoms with Crippen molar-refractivity contribution in [2.24, 2.45) is 0 Å². The van der Waals surface area contributed by atoms with E-state index in [1.165, 1.54) is 0 Å². The van der Waals surface area contributed by atoms with Gasteiger partial charge >= 0.3 is 35.6 Å². The van der Waals surface area contributed by atoms with Gasteiger partial charge in [-0.1, -0.05) is 32.9 Å². The predicted octanol–water partition coefficient (Wildman–Crippen LogP) is 4.76. The zero-order valence-electron chi connectivity index (χ0n) is 10.0. The monoisotopic (exact) mass is 286 g/mol. The Balaban J connectivity index is -0.0000000587. The smallest absolute Gasteiger partial charge is 0.0860 e. The summed E-state index contributed by atoms with van der Waals surface area (Å²) >= 11 is -0.556. The number of hydrogen-bond acceptors (Lipinski definition) is 0. The Labute approximate surface area is 112 Å². The summed E-state index contributed by atoms with van der Waals surface area (Å²) in [7, 11) is 9.78. The quantitative estimate of drug-likeness (QED) is 0.501. The van der Waals surface area contributed by atoms with Crippen molar-refractivity contribution in [1.82, 2.24) is 4.98 Å². The molecular formula is C10H20Cl2N2Ti. The molecule has 1 N–H and O–H groups in total. The predicted molar refractivity (Wildman–Crippen MR) is 68.4 cm³/mol. The molecule has 0 aliphatic heterocycles. The van der Waals surface area contributed by atoms with Gasteiger partial charge in [0.05, 0.1) is 0 Å². The molecule has 0 aliphatic rings. The second-order valence-corrected chi connectivity index (χ2v) is 5.73. The summed E-state index contributed by atoms with van der Waals surface area (Å²) in [6, 6.07) is 3.78. The molecule has 0 unspecified atom stereocenters. The van der Waals surface area contributed by atoms with E-state index in [0.717, 1.165) is 0 Å². The minimum Gasteiger partial charge on any atom is -0.670 e. The van der Waals surface area contributed by atoms with Crippen LogP contribution in [-0.2, 0) is 17.0 Å². The molecule has 2 nitrogen and oxygen atoms in total. The summed E-state index contributed by atoms with van der Waals surface area (Å²) in [6.07, 6.45) is 3.50. The van der Waals surface area contributed by atoms with Gasteiger partial charge in [-0.3, -0.25) is 0 Å². The number of rotatable bonds is 0. The van der Waals surface area contributed by atoms with Crippen LogP contribution < -0.4 is 4.98 Å². The topological polar surface area (TPSA) is 37.9 Å². The average molecular weight is 287 g/mol. The Kier molecular flexibility index (Phi) is 27.9. The Morgan fingerprint density at radius 3 is 1.33 bits per heavy atom. The summed E-state index contributed by atoms with van der Waals surface area (Å²) in [4.78, 5) is 3.72. The van der Waals surface area contributed by atoms with Gasteiger partial charge < -0.3 is 25.6 Å². The van der Waals surface area contributed by atoms with E-state index in [2.05, 4.69) is 4.98 Å². The van der Waals surface area contributed by atoms with E-state index in [1.54, 1.807) is 12.4 Å². The third kappa shape index (κ3) is 74.6. The molecular weight excluding hydrogens is 267 g/mol. The Morgan fingerprint density at radius 2 is 1.27 bits per heavy atom. The third-order valence-electron chi connectivity index (χ3n) is 0.455. The van der Waals surface area contributed by atoms with Gasteiger partial charge in [-0.05, 0) is 0 Å². The Hall–Kier alpha value is 0.534. The molecule has 5 heteroatoms. The molecule has 15 heavy (non-hydrogen) atoms. The van der Waals surface area contributed by atoms with E-state index in [0.29, 0.717) is 0 Å². The van der Waals surface area contributed by atoms with Crippen LogP contribution in [0.5, 0.6) is 0 Å². The molecule has 1 aromatic heterocycles. The van der Waals surface area contributed by atoms with Gasteiger partial charge in [0.2, 0.25) is 0 Å². The number of nitrogens with one attached hydrogen (secondary N) is 1. The number of hydrogen-bond donors (Lipinski definition) is 0. The molecule has 0 saturated heterocycles. The molecule has 0 bridgehead atoms. The number of halogens is 2. The summed E-state index contributed by atoms with van der Waals surface area (Å²) in [6.45, 7) is 5.56. The number of aromatic nitrogens is 1. The van der Waals surface area contributed by atoms with Crippen LogP contribution >= 0.6 is 18.6 Å². The van der Waals surface area contributed by atoms with Crippen molar-refractivity contribution in [3.63, 3.8) is 0 Å². The van der Waals surface area contributed by atoms with E-state index < -0.39 is 17.0 Å². The molecule has 0 aromatic carbocycles. The van der Waals surface area contributed by atoms with Crippen LogP contribution in [0.15, 0.2) is 24.5 Å². The van der Waals surface area contributed by atoms with Crippen molar-refractivity contribution in [2.75, 3.05) is 0 Å². The number of nitrogens with zero attached hydrogens (tertiary/aromatic N) is 1. The van der Waals surface area contributed by atoms with Gasteiger partial charge in [-0.2, -0.15) is 12.4 Å². The summed E-state index contributed by atoms with van der Waals surface area (Å²) in [5.74, 6) is 0. The van der Waals surface area contributed by atoms with Crippen molar-refractivity contribution in [2.45, 2.75) is 26.3 Å². The molecule has 0 aliphatic carbocycles. The van der Waals surface area contributed by atoms with Crippen LogP contribution in [0.2, 0.25) is 0 Å². The molecule has 0 spiro atoms. The summed E-state index contributed by atoms with van der Waals surface area (Å²) in [5.41, 5.74) is 6.69. The molecule has 1 aromatic rings. The fourth-order valence-corrected chi connectivity index (χ4v) is 0.248. The van der Waals surface area contributed by atoms with Gasteiger partial charge in [-0.25, -0.2) is 0 Å². The molecule has 88 valence electrons. The first kappa shape index (κ1) is 24.7. The van der Waals surface area contributed by atoms with Crippen LogP contribution in [0.1, 0.15) is 20.8 Å². The molecule has 0 atom stereocenters. The second-order valence-electron chi connectivity index (χ2n) is 3.15. The van der Waals surface area contributed by atoms with Gasteiger partial charge in [-0.15, -0.1) is 5.54 Å². The van der Waals surface area contributed by atoms with E-state index in [9.17, 15) is 0 Å². The zero-order valence-corrected chi connectivity index (χ0v) is 13.1. The van der Waals surface area contributed by atoms with Crippen LogP contribution in [0.4, 0.5) is 0 Å². The Bertz CT molecular complexity index is 139. The molecule has 0 amide bonds. The van der Waals surface area contributed by atoms with Gasteiger partial charge in [0.1, 0.15) is 0 Å². The van der Waals surface area contributed by atoms with E-state index in [1.807, 2.05) is 32.9 Å². The normalized spacial score (nSPS) is 8.13. The van der Waals surface area contributed by atoms with Crippen molar-refractivity contribution >= 4 is 18.6 Å². The Morgan fingerprint density at radius 1 is 1.07 bits per heavy atom. The van der Waals surface area contributed by atoms with E-state index >= 15 is 0 Å². The van der Waals surface area contributed by atoms with Crippen LogP contribution in [0, 0.1) is 14.9 Å². The van der Waals surface area contributed by atoms with Gasteiger partial charge in [0.25, 0.3) is 0 Å². The molecule has 0 saturated carbocycles. The maximum absolute atomic E-state index is 6.94. The van der Waals surface area contributed by atoms with Crippen LogP contribution in [0.25, 0.3) is 5.73 Å². The average Bonchev–Trinajstić information content (AvgIpc) is 2.36. The second kappa shape index (κ2) is 16.9. The zero-order chi connectivity index (χ0) is 10.7. The maximum atomic E-state index is 6.94. The van der Waals surface area contributed by atoms with Crippen molar-refractivity contribution in [3.8, 4) is 0 Å². The first-order valence-corrected chi connectivity index (χ1v) is 7.94. The van der Waals surface area contributed by atoms with Crippen LogP contribution in [0.3, 0.4) is 0 Å². The van der Waals surface area contributed by atoms with Gasteiger partial charge in [0, 0.05) is 0 Å². The minimum atomic E-state index is -0.556. The van der Waals surface area contributed by atoms with Crippen molar-refractivity contribution < 1.29 is 17.0 Å². The fourth-order valence-electron chi connectivity index (χ4n) is 0.248. The van der Waals surface area contributed by atoms with Crippen molar-refractivity contribution in [3.05, 3.63) is 45.1 Å². The standard InChI is InChI=1S/C4H4N.C4H10N.2CH3.2ClH.Ti/c1-2-4-5-3-1;1-4(2,3)5;;;;;/h1-4H;5H,1-3H3;2*1H3;2*1H;/q4*-1;;;+6/p-2. The SMILES string of the molecule is CC(C)(C)[NH-].[CH3-].[CH3-].[Cl][Ti+4][Cl].c1cc[n-]c1. The first-order valence-electron chi connectivity index (χ1n) is 3.64. The molecule has 0 fully saturated rings. The largest absolute Gasteiger partial charge is 0.670 e. The maximum Gasteiger partial charge on any atom is -0.0860 e. The van der Waals surface area contributed by atoms with Gasteiger partial charge in [0.15, 0.2) is 0 Å². The molecule has 0 radical (unpaired) electrons. The fraction of sp³-hybridized carbons (Fsp3) is 0.400. The molecule has 1 rings (SSSR count).